The number of nitrogens with zero attached hydrogens (tertiary/aromatic N) is 2. The number of aliphatic hydroxyl groups is 1. The van der Waals surface area contributed by atoms with Crippen molar-refractivity contribution < 1.29 is 33.0 Å². The Morgan fingerprint density at radius 1 is 1.26 bits per heavy atom. The molecule has 1 aliphatic heterocycles. The number of nitrogens with one attached hydrogen (secondary N) is 1. The molecule has 10 nitrogen and oxygen atoms in total. The first-order chi connectivity index (χ1) is 14.7. The summed E-state index contributed by atoms with van der Waals surface area (Å²) < 4.78 is 39.3. The molecule has 1 aliphatic rings. The summed E-state index contributed by atoms with van der Waals surface area (Å²) in [5.41, 5.74) is 4.81. The molecule has 1 fully saturated rings. The molecule has 3 atom stereocenters. The molecule has 0 aliphatic carbocycles. The van der Waals surface area contributed by atoms with Crippen molar-refractivity contribution in [3.63, 3.8) is 0 Å². The third-order valence-corrected chi connectivity index (χ3v) is 4.51. The van der Waals surface area contributed by atoms with Gasteiger partial charge in [0.1, 0.15) is 18.5 Å². The Morgan fingerprint density at radius 2 is 1.97 bits per heavy atom. The molecular formula is C19H20F2N4O6. The number of nitrogens with two attached hydrogens (primary N) is 1. The number of nitrogen functional groups attached to an aromatic ring is 1. The highest BCUT2D eigenvalue weighted by atomic mass is 19.3. The number of rotatable bonds is 7. The van der Waals surface area contributed by atoms with Gasteiger partial charge < -0.3 is 25.6 Å². The van der Waals surface area contributed by atoms with Gasteiger partial charge in [-0.2, -0.15) is 13.8 Å². The quantitative estimate of drug-likeness (QED) is 0.535. The summed E-state index contributed by atoms with van der Waals surface area (Å²) in [6.07, 6.45) is -5.60. The Bertz CT molecular complexity index is 1000. The van der Waals surface area contributed by atoms with Crippen LogP contribution < -0.4 is 16.7 Å². The van der Waals surface area contributed by atoms with Crippen molar-refractivity contribution >= 4 is 23.4 Å². The number of hydrogen-bond acceptors (Lipinski definition) is 8. The summed E-state index contributed by atoms with van der Waals surface area (Å²) in [7, 11) is 0. The van der Waals surface area contributed by atoms with Crippen LogP contribution >= 0.6 is 0 Å². The molecular weight excluding hydrogens is 418 g/mol. The van der Waals surface area contributed by atoms with Gasteiger partial charge in [0.2, 0.25) is 12.1 Å². The van der Waals surface area contributed by atoms with Crippen molar-refractivity contribution in [2.24, 2.45) is 0 Å². The molecule has 1 aromatic carbocycles. The number of aromatic nitrogens is 2. The van der Waals surface area contributed by atoms with E-state index in [1.165, 1.54) is 0 Å². The van der Waals surface area contributed by atoms with E-state index in [-0.39, 0.29) is 18.7 Å². The lowest BCUT2D eigenvalue weighted by Crippen LogP contribution is -2.42. The monoisotopic (exact) mass is 438 g/mol. The van der Waals surface area contributed by atoms with Gasteiger partial charge in [-0.25, -0.2) is 4.79 Å². The summed E-state index contributed by atoms with van der Waals surface area (Å²) in [5, 5.41) is 12.5. The second-order valence-corrected chi connectivity index (χ2v) is 6.79. The molecule has 0 bridgehead atoms. The highest BCUT2D eigenvalue weighted by Crippen LogP contribution is 2.42. The fraction of sp³-hybridized carbons (Fsp3) is 0.368. The normalized spacial score (nSPS) is 22.1. The number of benzene rings is 1. The van der Waals surface area contributed by atoms with Crippen LogP contribution in [0, 0.1) is 0 Å². The summed E-state index contributed by atoms with van der Waals surface area (Å²) >= 11 is 0. The highest BCUT2D eigenvalue weighted by molar-refractivity contribution is 5.92. The largest absolute Gasteiger partial charge is 0.463 e. The van der Waals surface area contributed by atoms with Crippen molar-refractivity contribution in [3.05, 3.63) is 53.1 Å². The molecule has 1 amide bonds. The van der Waals surface area contributed by atoms with Crippen LogP contribution in [0.25, 0.3) is 0 Å². The molecule has 166 valence electrons. The van der Waals surface area contributed by atoms with E-state index in [1.807, 2.05) is 0 Å². The third-order valence-electron chi connectivity index (χ3n) is 4.51. The molecule has 3 rings (SSSR count). The Morgan fingerprint density at radius 3 is 2.65 bits per heavy atom. The van der Waals surface area contributed by atoms with Gasteiger partial charge in [-0.1, -0.05) is 18.2 Å². The smallest absolute Gasteiger partial charge is 0.351 e. The van der Waals surface area contributed by atoms with E-state index in [1.54, 1.807) is 30.3 Å². The third kappa shape index (κ3) is 5.22. The van der Waals surface area contributed by atoms with E-state index >= 15 is 0 Å². The predicted octanol–water partition coefficient (Wildman–Crippen LogP) is 0.681. The van der Waals surface area contributed by atoms with Crippen LogP contribution in [-0.2, 0) is 19.1 Å². The topological polar surface area (TPSA) is 146 Å². The van der Waals surface area contributed by atoms with Crippen molar-refractivity contribution in [1.82, 2.24) is 9.55 Å². The van der Waals surface area contributed by atoms with Gasteiger partial charge in [0.05, 0.1) is 6.42 Å². The Labute approximate surface area is 174 Å². The van der Waals surface area contributed by atoms with Crippen LogP contribution in [0.1, 0.15) is 19.1 Å². The average Bonchev–Trinajstić information content (AvgIpc) is 2.95. The van der Waals surface area contributed by atoms with E-state index in [0.29, 0.717) is 10.3 Å². The Kier molecular flexibility index (Phi) is 6.61. The summed E-state index contributed by atoms with van der Waals surface area (Å²) in [6, 6.07) is 9.71. The van der Waals surface area contributed by atoms with E-state index in [0.717, 1.165) is 12.3 Å². The van der Waals surface area contributed by atoms with Crippen LogP contribution in [0.15, 0.2) is 47.4 Å². The number of hydrogen-bond donors (Lipinski definition) is 3. The minimum atomic E-state index is -3.85. The maximum Gasteiger partial charge on any atom is 0.351 e. The van der Waals surface area contributed by atoms with Gasteiger partial charge in [0.15, 0.2) is 6.10 Å². The lowest BCUT2D eigenvalue weighted by Gasteiger charge is -2.20. The molecule has 2 heterocycles. The number of amides is 1. The molecule has 31 heavy (non-hydrogen) atoms. The van der Waals surface area contributed by atoms with Gasteiger partial charge in [0.25, 0.3) is 0 Å². The molecule has 4 N–H and O–H groups in total. The average molecular weight is 438 g/mol. The highest BCUT2D eigenvalue weighted by Gasteiger charge is 2.60. The maximum absolute atomic E-state index is 14.4. The number of anilines is 2. The standard InChI is InChI=1S/C19H20F2N4O6/c20-19(21)16(28)12(31-17(19)25-9-8-13(22)24-18(25)29)10-30-15(27)7-6-14(26)23-11-4-2-1-3-5-11/h1-5,8-9,12,16-17,28H,6-7,10H2,(H,23,26)(H2,22,24,29)/t12-,16-,17-/m1/s1. The molecule has 2 aromatic rings. The van der Waals surface area contributed by atoms with Crippen LogP contribution in [0.2, 0.25) is 0 Å². The maximum atomic E-state index is 14.4. The van der Waals surface area contributed by atoms with E-state index < -0.39 is 48.5 Å². The van der Waals surface area contributed by atoms with Gasteiger partial charge in [0, 0.05) is 18.3 Å². The first-order valence-corrected chi connectivity index (χ1v) is 9.25. The number of aliphatic hydroxyl groups excluding tert-OH is 1. The number of ether oxygens (including phenoxy) is 2. The van der Waals surface area contributed by atoms with E-state index in [2.05, 4.69) is 10.3 Å². The first kappa shape index (κ1) is 22.3. The van der Waals surface area contributed by atoms with Crippen LogP contribution in [0.3, 0.4) is 0 Å². The molecule has 1 aromatic heterocycles. The first-order valence-electron chi connectivity index (χ1n) is 9.25. The number of halogens is 2. The van der Waals surface area contributed by atoms with E-state index in [9.17, 15) is 28.3 Å². The van der Waals surface area contributed by atoms with Crippen molar-refractivity contribution in [2.75, 3.05) is 17.7 Å². The van der Waals surface area contributed by atoms with Gasteiger partial charge in [-0.05, 0) is 18.2 Å². The second-order valence-electron chi connectivity index (χ2n) is 6.79. The molecule has 0 saturated carbocycles. The minimum Gasteiger partial charge on any atom is -0.463 e. The summed E-state index contributed by atoms with van der Waals surface area (Å²) in [6.45, 7) is -0.691. The zero-order valence-electron chi connectivity index (χ0n) is 16.1. The van der Waals surface area contributed by atoms with Crippen molar-refractivity contribution in [1.29, 1.82) is 0 Å². The summed E-state index contributed by atoms with van der Waals surface area (Å²) in [4.78, 5) is 38.9. The minimum absolute atomic E-state index is 0.162. The second kappa shape index (κ2) is 9.18. The van der Waals surface area contributed by atoms with Gasteiger partial charge in [-0.15, -0.1) is 0 Å². The fourth-order valence-electron chi connectivity index (χ4n) is 2.92. The SMILES string of the molecule is Nc1ccn([C@@H]2O[C@H](COC(=O)CCC(=O)Nc3ccccc3)[C@@H](O)C2(F)F)c(=O)n1. The fourth-order valence-corrected chi connectivity index (χ4v) is 2.92. The Balaban J connectivity index is 1.52. The molecule has 1 saturated heterocycles. The van der Waals surface area contributed by atoms with Crippen LogP contribution in [0.4, 0.5) is 20.3 Å². The molecule has 0 radical (unpaired) electrons. The van der Waals surface area contributed by atoms with Gasteiger partial charge >= 0.3 is 17.6 Å². The Hall–Kier alpha value is -3.38. The van der Waals surface area contributed by atoms with E-state index in [4.69, 9.17) is 15.2 Å². The number of alkyl halides is 2. The van der Waals surface area contributed by atoms with Crippen molar-refractivity contribution in [2.45, 2.75) is 37.2 Å². The zero-order valence-corrected chi connectivity index (χ0v) is 16.1. The number of esters is 1. The zero-order chi connectivity index (χ0) is 22.6. The number of carbonyl (C=O) groups is 2. The summed E-state index contributed by atoms with van der Waals surface area (Å²) in [5.74, 6) is -5.28. The molecule has 0 spiro atoms. The number of carbonyl (C=O) groups excluding carboxylic acids is 2. The van der Waals surface area contributed by atoms with Gasteiger partial charge in [-0.3, -0.25) is 14.2 Å². The molecule has 0 unspecified atom stereocenters. The lowest BCUT2D eigenvalue weighted by molar-refractivity contribution is -0.151. The lowest BCUT2D eigenvalue weighted by atomic mass is 10.1. The number of para-hydroxylation sites is 1. The van der Waals surface area contributed by atoms with Crippen LogP contribution in [-0.4, -0.2) is 51.3 Å². The molecule has 12 heteroatoms. The van der Waals surface area contributed by atoms with Crippen molar-refractivity contribution in [3.8, 4) is 0 Å². The van der Waals surface area contributed by atoms with Crippen LogP contribution in [0.5, 0.6) is 0 Å². The predicted molar refractivity (Wildman–Crippen MR) is 103 cm³/mol.